The Balaban J connectivity index is 1.69. The van der Waals surface area contributed by atoms with E-state index in [2.05, 4.69) is 22.6 Å². The van der Waals surface area contributed by atoms with Crippen LogP contribution in [0.1, 0.15) is 32.1 Å². The van der Waals surface area contributed by atoms with Gasteiger partial charge in [-0.3, -0.25) is 4.79 Å². The molecule has 0 heterocycles. The molecule has 1 aromatic carbocycles. The maximum atomic E-state index is 12.0. The van der Waals surface area contributed by atoms with E-state index in [4.69, 9.17) is 0 Å². The highest BCUT2D eigenvalue weighted by atomic mass is 16.1. The van der Waals surface area contributed by atoms with Crippen molar-refractivity contribution in [2.75, 3.05) is 26.0 Å². The van der Waals surface area contributed by atoms with Crippen molar-refractivity contribution >= 4 is 11.6 Å². The Morgan fingerprint density at radius 1 is 1.19 bits per heavy atom. The topological polar surface area (TPSA) is 44.4 Å². The molecule has 0 radical (unpaired) electrons. The predicted octanol–water partition coefficient (Wildman–Crippen LogP) is 2.48. The van der Waals surface area contributed by atoms with Gasteiger partial charge in [0.05, 0.1) is 0 Å². The standard InChI is InChI=1S/C17H27N3O/c1-18-14-8-10-16(11-9-14)20(2)13-12-17(21)19-15-6-4-3-5-7-15/h3-7,14,16,18H,8-13H2,1-2H3,(H,19,21). The summed E-state index contributed by atoms with van der Waals surface area (Å²) in [7, 11) is 4.18. The molecule has 1 aliphatic rings. The van der Waals surface area contributed by atoms with Gasteiger partial charge in [-0.05, 0) is 51.9 Å². The van der Waals surface area contributed by atoms with Crippen molar-refractivity contribution in [1.29, 1.82) is 0 Å². The van der Waals surface area contributed by atoms with Gasteiger partial charge in [0.1, 0.15) is 0 Å². The number of para-hydroxylation sites is 1. The molecule has 0 unspecified atom stereocenters. The van der Waals surface area contributed by atoms with Gasteiger partial charge >= 0.3 is 0 Å². The highest BCUT2D eigenvalue weighted by molar-refractivity contribution is 5.90. The van der Waals surface area contributed by atoms with Crippen LogP contribution in [0.2, 0.25) is 0 Å². The molecule has 1 fully saturated rings. The number of benzene rings is 1. The quantitative estimate of drug-likeness (QED) is 0.845. The maximum absolute atomic E-state index is 12.0. The van der Waals surface area contributed by atoms with Crippen LogP contribution in [-0.4, -0.2) is 43.5 Å². The van der Waals surface area contributed by atoms with Crippen LogP contribution in [0.4, 0.5) is 5.69 Å². The summed E-state index contributed by atoms with van der Waals surface area (Å²) in [6.07, 6.45) is 5.48. The first-order chi connectivity index (χ1) is 10.2. The Kier molecular flexibility index (Phi) is 6.21. The minimum absolute atomic E-state index is 0.0944. The average molecular weight is 289 g/mol. The number of anilines is 1. The van der Waals surface area contributed by atoms with E-state index in [0.717, 1.165) is 12.2 Å². The summed E-state index contributed by atoms with van der Waals surface area (Å²) < 4.78 is 0. The number of rotatable bonds is 6. The third kappa shape index (κ3) is 5.14. The summed E-state index contributed by atoms with van der Waals surface area (Å²) >= 11 is 0. The van der Waals surface area contributed by atoms with E-state index in [1.54, 1.807) is 0 Å². The van der Waals surface area contributed by atoms with Crippen molar-refractivity contribution in [1.82, 2.24) is 10.2 Å². The van der Waals surface area contributed by atoms with Crippen LogP contribution in [0.5, 0.6) is 0 Å². The second-order valence-electron chi connectivity index (χ2n) is 5.94. The predicted molar refractivity (Wildman–Crippen MR) is 87.4 cm³/mol. The van der Waals surface area contributed by atoms with Crippen molar-refractivity contribution in [3.63, 3.8) is 0 Å². The normalized spacial score (nSPS) is 22.2. The van der Waals surface area contributed by atoms with Crippen molar-refractivity contribution in [2.45, 2.75) is 44.2 Å². The lowest BCUT2D eigenvalue weighted by Gasteiger charge is -2.34. The molecule has 0 spiro atoms. The molecule has 1 saturated carbocycles. The lowest BCUT2D eigenvalue weighted by Crippen LogP contribution is -2.40. The van der Waals surface area contributed by atoms with E-state index in [-0.39, 0.29) is 5.91 Å². The number of carbonyl (C=O) groups is 1. The Bertz CT molecular complexity index is 427. The number of hydrogen-bond acceptors (Lipinski definition) is 3. The highest BCUT2D eigenvalue weighted by Crippen LogP contribution is 2.22. The van der Waals surface area contributed by atoms with Gasteiger partial charge in [0.2, 0.25) is 5.91 Å². The lowest BCUT2D eigenvalue weighted by atomic mass is 9.90. The fourth-order valence-corrected chi connectivity index (χ4v) is 3.01. The molecule has 2 N–H and O–H groups in total. The Morgan fingerprint density at radius 2 is 1.86 bits per heavy atom. The zero-order valence-corrected chi connectivity index (χ0v) is 13.1. The molecule has 1 aliphatic carbocycles. The fourth-order valence-electron chi connectivity index (χ4n) is 3.01. The minimum Gasteiger partial charge on any atom is -0.326 e. The molecule has 0 saturated heterocycles. The zero-order valence-electron chi connectivity index (χ0n) is 13.1. The van der Waals surface area contributed by atoms with Crippen LogP contribution in [0, 0.1) is 0 Å². The number of amides is 1. The largest absolute Gasteiger partial charge is 0.326 e. The van der Waals surface area contributed by atoms with Crippen LogP contribution in [-0.2, 0) is 4.79 Å². The van der Waals surface area contributed by atoms with E-state index < -0.39 is 0 Å². The Morgan fingerprint density at radius 3 is 2.48 bits per heavy atom. The molecular formula is C17H27N3O. The highest BCUT2D eigenvalue weighted by Gasteiger charge is 2.23. The fraction of sp³-hybridized carbons (Fsp3) is 0.588. The number of carbonyl (C=O) groups excluding carboxylic acids is 1. The van der Waals surface area contributed by atoms with Crippen LogP contribution >= 0.6 is 0 Å². The second-order valence-corrected chi connectivity index (χ2v) is 5.94. The summed E-state index contributed by atoms with van der Waals surface area (Å²) in [4.78, 5) is 14.3. The summed E-state index contributed by atoms with van der Waals surface area (Å²) in [6, 6.07) is 10.9. The number of nitrogens with zero attached hydrogens (tertiary/aromatic N) is 1. The van der Waals surface area contributed by atoms with E-state index in [1.165, 1.54) is 25.7 Å². The molecule has 21 heavy (non-hydrogen) atoms. The lowest BCUT2D eigenvalue weighted by molar-refractivity contribution is -0.116. The molecule has 4 nitrogen and oxygen atoms in total. The molecule has 2 rings (SSSR count). The Labute approximate surface area is 127 Å². The van der Waals surface area contributed by atoms with Gasteiger partial charge in [0.25, 0.3) is 0 Å². The van der Waals surface area contributed by atoms with E-state index in [9.17, 15) is 4.79 Å². The minimum atomic E-state index is 0.0944. The maximum Gasteiger partial charge on any atom is 0.225 e. The molecular weight excluding hydrogens is 262 g/mol. The smallest absolute Gasteiger partial charge is 0.225 e. The van der Waals surface area contributed by atoms with Gasteiger partial charge in [0.15, 0.2) is 0 Å². The van der Waals surface area contributed by atoms with E-state index in [1.807, 2.05) is 37.4 Å². The molecule has 4 heteroatoms. The summed E-state index contributed by atoms with van der Waals surface area (Å²) in [6.45, 7) is 0.827. The van der Waals surface area contributed by atoms with Crippen LogP contribution in [0.25, 0.3) is 0 Å². The first kappa shape index (κ1) is 16.0. The SMILES string of the molecule is CNC1CCC(N(C)CCC(=O)Nc2ccccc2)CC1. The van der Waals surface area contributed by atoms with Crippen LogP contribution in [0.3, 0.4) is 0 Å². The third-order valence-electron chi connectivity index (χ3n) is 4.48. The molecule has 0 bridgehead atoms. The van der Waals surface area contributed by atoms with E-state index in [0.29, 0.717) is 18.5 Å². The van der Waals surface area contributed by atoms with Gasteiger partial charge in [-0.1, -0.05) is 18.2 Å². The molecule has 116 valence electrons. The average Bonchev–Trinajstić information content (AvgIpc) is 2.53. The van der Waals surface area contributed by atoms with Crippen LogP contribution in [0.15, 0.2) is 30.3 Å². The summed E-state index contributed by atoms with van der Waals surface area (Å²) in [5.41, 5.74) is 0.875. The number of hydrogen-bond donors (Lipinski definition) is 2. The van der Waals surface area contributed by atoms with Crippen molar-refractivity contribution in [3.05, 3.63) is 30.3 Å². The number of nitrogens with one attached hydrogen (secondary N) is 2. The van der Waals surface area contributed by atoms with E-state index >= 15 is 0 Å². The monoisotopic (exact) mass is 289 g/mol. The zero-order chi connectivity index (χ0) is 15.1. The summed E-state index contributed by atoms with van der Waals surface area (Å²) in [5.74, 6) is 0.0944. The second kappa shape index (κ2) is 8.15. The first-order valence-corrected chi connectivity index (χ1v) is 7.91. The van der Waals surface area contributed by atoms with Gasteiger partial charge in [0, 0.05) is 30.7 Å². The van der Waals surface area contributed by atoms with Gasteiger partial charge in [-0.15, -0.1) is 0 Å². The molecule has 0 aliphatic heterocycles. The third-order valence-corrected chi connectivity index (χ3v) is 4.48. The first-order valence-electron chi connectivity index (χ1n) is 7.91. The molecule has 0 aromatic heterocycles. The van der Waals surface area contributed by atoms with Gasteiger partial charge in [-0.25, -0.2) is 0 Å². The van der Waals surface area contributed by atoms with Gasteiger partial charge in [-0.2, -0.15) is 0 Å². The molecule has 1 aromatic rings. The molecule has 1 amide bonds. The summed E-state index contributed by atoms with van der Waals surface area (Å²) in [5, 5.41) is 6.30. The van der Waals surface area contributed by atoms with Gasteiger partial charge < -0.3 is 15.5 Å². The van der Waals surface area contributed by atoms with Crippen molar-refractivity contribution in [3.8, 4) is 0 Å². The van der Waals surface area contributed by atoms with Crippen molar-refractivity contribution in [2.24, 2.45) is 0 Å². The Hall–Kier alpha value is -1.39. The molecule has 0 atom stereocenters. The van der Waals surface area contributed by atoms with Crippen LogP contribution < -0.4 is 10.6 Å². The van der Waals surface area contributed by atoms with Crippen molar-refractivity contribution < 1.29 is 4.79 Å².